The molecule has 13 heavy (non-hydrogen) atoms. The molecule has 5 heteroatoms. The Morgan fingerprint density at radius 2 is 2.00 bits per heavy atom. The maximum absolute atomic E-state index is 12.1. The van der Waals surface area contributed by atoms with Gasteiger partial charge in [0.05, 0.1) is 5.69 Å². The lowest BCUT2D eigenvalue weighted by atomic mass is 10.2. The van der Waals surface area contributed by atoms with Crippen molar-refractivity contribution in [1.82, 2.24) is 4.98 Å². The van der Waals surface area contributed by atoms with Gasteiger partial charge in [0.2, 0.25) is 0 Å². The lowest BCUT2D eigenvalue weighted by Gasteiger charge is -2.14. The van der Waals surface area contributed by atoms with E-state index >= 15 is 0 Å². The van der Waals surface area contributed by atoms with E-state index in [0.29, 0.717) is 0 Å². The first kappa shape index (κ1) is 9.98. The Hall–Kier alpha value is -1.10. The van der Waals surface area contributed by atoms with E-state index in [9.17, 15) is 13.2 Å². The van der Waals surface area contributed by atoms with E-state index in [2.05, 4.69) is 4.98 Å². The molecule has 0 aliphatic rings. The van der Waals surface area contributed by atoms with E-state index in [1.54, 1.807) is 13.0 Å². The summed E-state index contributed by atoms with van der Waals surface area (Å²) in [7, 11) is 0. The molecule has 0 spiro atoms. The van der Waals surface area contributed by atoms with Crippen molar-refractivity contribution in [2.45, 2.75) is 19.1 Å². The summed E-state index contributed by atoms with van der Waals surface area (Å²) in [6.07, 6.45) is -3.07. The van der Waals surface area contributed by atoms with Gasteiger partial charge in [-0.2, -0.15) is 13.2 Å². The van der Waals surface area contributed by atoms with E-state index < -0.39 is 12.2 Å². The standard InChI is InChI=1S/C8H9F3N2/c1-5-2-3-6(13-4-5)7(12)8(9,10)11/h2-4,7H,12H2,1H3/t7-/m0/s1. The van der Waals surface area contributed by atoms with Gasteiger partial charge in [-0.3, -0.25) is 4.98 Å². The van der Waals surface area contributed by atoms with Crippen molar-refractivity contribution in [3.8, 4) is 0 Å². The first-order chi connectivity index (χ1) is 5.91. The Labute approximate surface area is 73.6 Å². The predicted octanol–water partition coefficient (Wildman–Crippen LogP) is 1.95. The van der Waals surface area contributed by atoms with Crippen molar-refractivity contribution >= 4 is 0 Å². The Bertz CT molecular complexity index is 278. The average Bonchev–Trinajstić information content (AvgIpc) is 2.03. The molecule has 0 amide bonds. The summed E-state index contributed by atoms with van der Waals surface area (Å²) in [5, 5.41) is 0. The molecule has 0 aliphatic heterocycles. The van der Waals surface area contributed by atoms with Gasteiger partial charge in [-0.05, 0) is 18.6 Å². The molecule has 0 saturated heterocycles. The maximum atomic E-state index is 12.1. The van der Waals surface area contributed by atoms with Crippen LogP contribution >= 0.6 is 0 Å². The van der Waals surface area contributed by atoms with Crippen LogP contribution in [0.3, 0.4) is 0 Å². The van der Waals surface area contributed by atoms with Gasteiger partial charge >= 0.3 is 6.18 Å². The second-order valence-corrected chi connectivity index (χ2v) is 2.78. The minimum atomic E-state index is -4.43. The third-order valence-electron chi connectivity index (χ3n) is 1.61. The van der Waals surface area contributed by atoms with Crippen LogP contribution in [0.25, 0.3) is 0 Å². The Morgan fingerprint density at radius 1 is 1.38 bits per heavy atom. The van der Waals surface area contributed by atoms with Crippen molar-refractivity contribution in [3.63, 3.8) is 0 Å². The molecule has 1 aromatic rings. The first-order valence-electron chi connectivity index (χ1n) is 3.66. The number of nitrogens with two attached hydrogens (primary N) is 1. The van der Waals surface area contributed by atoms with Gasteiger partial charge < -0.3 is 5.73 Å². The molecule has 1 aromatic heterocycles. The van der Waals surface area contributed by atoms with Crippen LogP contribution in [0.1, 0.15) is 17.3 Å². The molecular formula is C8H9F3N2. The van der Waals surface area contributed by atoms with Crippen LogP contribution in [0.4, 0.5) is 13.2 Å². The fraction of sp³-hybridized carbons (Fsp3) is 0.375. The number of aryl methyl sites for hydroxylation is 1. The van der Waals surface area contributed by atoms with Crippen molar-refractivity contribution < 1.29 is 13.2 Å². The van der Waals surface area contributed by atoms with Crippen LogP contribution in [0.15, 0.2) is 18.3 Å². The highest BCUT2D eigenvalue weighted by Gasteiger charge is 2.38. The molecule has 1 heterocycles. The zero-order valence-electron chi connectivity index (χ0n) is 6.97. The molecule has 0 aromatic carbocycles. The molecule has 72 valence electrons. The zero-order chi connectivity index (χ0) is 10.1. The first-order valence-corrected chi connectivity index (χ1v) is 3.66. The van der Waals surface area contributed by atoms with Crippen molar-refractivity contribution in [2.75, 3.05) is 0 Å². The Balaban J connectivity index is 2.90. The van der Waals surface area contributed by atoms with Crippen LogP contribution in [0.5, 0.6) is 0 Å². The summed E-state index contributed by atoms with van der Waals surface area (Å²) in [6, 6.07) is 0.842. The van der Waals surface area contributed by atoms with Gasteiger partial charge in [-0.25, -0.2) is 0 Å². The number of hydrogen-bond acceptors (Lipinski definition) is 2. The number of pyridine rings is 1. The topological polar surface area (TPSA) is 38.9 Å². The van der Waals surface area contributed by atoms with Crippen LogP contribution in [0.2, 0.25) is 0 Å². The highest BCUT2D eigenvalue weighted by Crippen LogP contribution is 2.28. The molecule has 0 fully saturated rings. The fourth-order valence-corrected chi connectivity index (χ4v) is 0.831. The zero-order valence-corrected chi connectivity index (χ0v) is 6.97. The van der Waals surface area contributed by atoms with Gasteiger partial charge in [-0.1, -0.05) is 6.07 Å². The van der Waals surface area contributed by atoms with E-state index in [4.69, 9.17) is 5.73 Å². The lowest BCUT2D eigenvalue weighted by molar-refractivity contribution is -0.150. The summed E-state index contributed by atoms with van der Waals surface area (Å²) >= 11 is 0. The van der Waals surface area contributed by atoms with Gasteiger partial charge in [0.15, 0.2) is 0 Å². The van der Waals surface area contributed by atoms with Crippen LogP contribution in [-0.4, -0.2) is 11.2 Å². The third kappa shape index (κ3) is 2.42. The lowest BCUT2D eigenvalue weighted by Crippen LogP contribution is -2.29. The second kappa shape index (κ2) is 3.33. The summed E-state index contributed by atoms with van der Waals surface area (Å²) in [5.41, 5.74) is 5.58. The number of nitrogens with zero attached hydrogens (tertiary/aromatic N) is 1. The monoisotopic (exact) mass is 190 g/mol. The highest BCUT2D eigenvalue weighted by molar-refractivity contribution is 5.15. The summed E-state index contributed by atoms with van der Waals surface area (Å²) in [5.74, 6) is 0. The van der Waals surface area contributed by atoms with Crippen LogP contribution in [-0.2, 0) is 0 Å². The second-order valence-electron chi connectivity index (χ2n) is 2.78. The van der Waals surface area contributed by atoms with Crippen molar-refractivity contribution in [3.05, 3.63) is 29.6 Å². The average molecular weight is 190 g/mol. The number of aromatic nitrogens is 1. The summed E-state index contributed by atoms with van der Waals surface area (Å²) in [6.45, 7) is 1.75. The van der Waals surface area contributed by atoms with E-state index in [1.807, 2.05) is 0 Å². The van der Waals surface area contributed by atoms with Crippen molar-refractivity contribution in [1.29, 1.82) is 0 Å². The largest absolute Gasteiger partial charge is 0.409 e. The summed E-state index contributed by atoms with van der Waals surface area (Å²) in [4.78, 5) is 3.60. The number of rotatable bonds is 1. The molecular weight excluding hydrogens is 181 g/mol. The summed E-state index contributed by atoms with van der Waals surface area (Å²) < 4.78 is 36.2. The minimum Gasteiger partial charge on any atom is -0.315 e. The maximum Gasteiger partial charge on any atom is 0.409 e. The molecule has 2 N–H and O–H groups in total. The van der Waals surface area contributed by atoms with Gasteiger partial charge in [0.25, 0.3) is 0 Å². The van der Waals surface area contributed by atoms with Gasteiger partial charge in [0, 0.05) is 6.20 Å². The fourth-order valence-electron chi connectivity index (χ4n) is 0.831. The molecule has 1 rings (SSSR count). The Kier molecular flexibility index (Phi) is 2.56. The Morgan fingerprint density at radius 3 is 2.38 bits per heavy atom. The molecule has 1 atom stereocenters. The van der Waals surface area contributed by atoms with E-state index in [0.717, 1.165) is 5.56 Å². The minimum absolute atomic E-state index is 0.155. The normalized spacial score (nSPS) is 14.2. The number of hydrogen-bond donors (Lipinski definition) is 1. The van der Waals surface area contributed by atoms with Crippen LogP contribution < -0.4 is 5.73 Å². The van der Waals surface area contributed by atoms with Crippen molar-refractivity contribution in [2.24, 2.45) is 5.73 Å². The highest BCUT2D eigenvalue weighted by atomic mass is 19.4. The SMILES string of the molecule is Cc1ccc([C@H](N)C(F)(F)F)nc1. The molecule has 0 unspecified atom stereocenters. The third-order valence-corrected chi connectivity index (χ3v) is 1.61. The molecule has 0 bridgehead atoms. The predicted molar refractivity (Wildman–Crippen MR) is 42.0 cm³/mol. The number of halogens is 3. The number of alkyl halides is 3. The van der Waals surface area contributed by atoms with Crippen LogP contribution in [0, 0.1) is 6.92 Å². The molecule has 0 saturated carbocycles. The van der Waals surface area contributed by atoms with Gasteiger partial charge in [-0.15, -0.1) is 0 Å². The van der Waals surface area contributed by atoms with E-state index in [1.165, 1.54) is 12.3 Å². The smallest absolute Gasteiger partial charge is 0.315 e. The quantitative estimate of drug-likeness (QED) is 0.735. The molecule has 0 radical (unpaired) electrons. The van der Waals surface area contributed by atoms with E-state index in [-0.39, 0.29) is 5.69 Å². The van der Waals surface area contributed by atoms with Gasteiger partial charge in [0.1, 0.15) is 6.04 Å². The molecule has 0 aliphatic carbocycles. The molecule has 2 nitrogen and oxygen atoms in total.